The monoisotopic (exact) mass is 341 g/mol. The first-order valence-electron chi connectivity index (χ1n) is 8.41. The summed E-state index contributed by atoms with van der Waals surface area (Å²) in [5.74, 6) is 0.916. The van der Waals surface area contributed by atoms with Crippen LogP contribution in [0.15, 0.2) is 36.9 Å². The van der Waals surface area contributed by atoms with Crippen LogP contribution in [0.1, 0.15) is 32.1 Å². The third-order valence-corrected chi connectivity index (χ3v) is 5.13. The van der Waals surface area contributed by atoms with E-state index in [1.165, 1.54) is 32.1 Å². The topological polar surface area (TPSA) is 46.8 Å². The number of fused-ring (bicyclic) bond motifs is 1. The van der Waals surface area contributed by atoms with Gasteiger partial charge in [-0.3, -0.25) is 4.57 Å². The van der Waals surface area contributed by atoms with E-state index in [9.17, 15) is 0 Å². The maximum absolute atomic E-state index is 5.99. The summed E-state index contributed by atoms with van der Waals surface area (Å²) >= 11 is 5.99. The van der Waals surface area contributed by atoms with Crippen molar-refractivity contribution in [1.29, 1.82) is 0 Å². The molecule has 0 amide bonds. The van der Waals surface area contributed by atoms with Crippen molar-refractivity contribution in [2.24, 2.45) is 0 Å². The van der Waals surface area contributed by atoms with Crippen LogP contribution >= 0.6 is 11.6 Å². The van der Waals surface area contributed by atoms with Gasteiger partial charge < -0.3 is 4.90 Å². The van der Waals surface area contributed by atoms with Crippen LogP contribution in [-0.2, 0) is 0 Å². The zero-order chi connectivity index (χ0) is 16.5. The first kappa shape index (κ1) is 15.4. The molecule has 1 aliphatic carbocycles. The van der Waals surface area contributed by atoms with E-state index in [0.717, 1.165) is 27.7 Å². The van der Waals surface area contributed by atoms with E-state index in [4.69, 9.17) is 11.6 Å². The molecule has 0 saturated heterocycles. The summed E-state index contributed by atoms with van der Waals surface area (Å²) in [5, 5.41) is 0.718. The largest absolute Gasteiger partial charge is 0.355 e. The van der Waals surface area contributed by atoms with Crippen LogP contribution in [0.2, 0.25) is 5.02 Å². The number of halogens is 1. The Hall–Kier alpha value is -2.14. The molecular weight excluding hydrogens is 322 g/mol. The van der Waals surface area contributed by atoms with Crippen LogP contribution in [-0.4, -0.2) is 32.6 Å². The van der Waals surface area contributed by atoms with Gasteiger partial charge in [-0.05, 0) is 37.1 Å². The van der Waals surface area contributed by atoms with Gasteiger partial charge in [0.1, 0.15) is 12.7 Å². The van der Waals surface area contributed by atoms with Crippen LogP contribution in [0.25, 0.3) is 16.9 Å². The van der Waals surface area contributed by atoms with E-state index < -0.39 is 0 Å². The molecule has 0 aliphatic heterocycles. The standard InChI is InChI=1S/C18H20ClN5/c1-23(14-5-3-2-4-6-14)17-16-18(21-11-20-17)24(12-22-16)15-9-7-13(19)8-10-15/h7-12,14H,2-6H2,1H3. The lowest BCUT2D eigenvalue weighted by molar-refractivity contribution is 0.426. The SMILES string of the molecule is CN(c1ncnc2c1ncn2-c1ccc(Cl)cc1)C1CCCCC1. The summed E-state index contributed by atoms with van der Waals surface area (Å²) in [6.45, 7) is 0. The normalized spacial score (nSPS) is 15.8. The molecule has 1 fully saturated rings. The minimum Gasteiger partial charge on any atom is -0.355 e. The molecule has 0 spiro atoms. The van der Waals surface area contributed by atoms with Gasteiger partial charge in [-0.1, -0.05) is 30.9 Å². The highest BCUT2D eigenvalue weighted by molar-refractivity contribution is 6.30. The fourth-order valence-corrected chi connectivity index (χ4v) is 3.64. The second-order valence-corrected chi connectivity index (χ2v) is 6.80. The quantitative estimate of drug-likeness (QED) is 0.715. The highest BCUT2D eigenvalue weighted by Gasteiger charge is 2.22. The molecule has 0 radical (unpaired) electrons. The van der Waals surface area contributed by atoms with Crippen molar-refractivity contribution >= 4 is 28.6 Å². The Kier molecular flexibility index (Phi) is 4.10. The number of nitrogens with zero attached hydrogens (tertiary/aromatic N) is 5. The second-order valence-electron chi connectivity index (χ2n) is 6.36. The summed E-state index contributed by atoms with van der Waals surface area (Å²) in [7, 11) is 2.12. The number of hydrogen-bond donors (Lipinski definition) is 0. The van der Waals surface area contributed by atoms with Crippen LogP contribution in [0.4, 0.5) is 5.82 Å². The lowest BCUT2D eigenvalue weighted by Gasteiger charge is -2.31. The van der Waals surface area contributed by atoms with Gasteiger partial charge in [-0.15, -0.1) is 0 Å². The van der Waals surface area contributed by atoms with Gasteiger partial charge in [0.2, 0.25) is 0 Å². The molecule has 0 N–H and O–H groups in total. The van der Waals surface area contributed by atoms with Gasteiger partial charge in [-0.2, -0.15) is 0 Å². The number of hydrogen-bond acceptors (Lipinski definition) is 4. The Bertz CT molecular complexity index is 836. The maximum Gasteiger partial charge on any atom is 0.170 e. The number of anilines is 1. The molecule has 1 aliphatic rings. The minimum atomic E-state index is 0.539. The lowest BCUT2D eigenvalue weighted by Crippen LogP contribution is -2.34. The molecule has 2 aromatic heterocycles. The summed E-state index contributed by atoms with van der Waals surface area (Å²) in [4.78, 5) is 15.9. The number of aromatic nitrogens is 4. The van der Waals surface area contributed by atoms with Crippen molar-refractivity contribution in [2.45, 2.75) is 38.1 Å². The summed E-state index contributed by atoms with van der Waals surface area (Å²) in [5.41, 5.74) is 2.66. The van der Waals surface area contributed by atoms with Crippen molar-refractivity contribution < 1.29 is 0 Å². The number of rotatable bonds is 3. The molecule has 1 saturated carbocycles. The molecule has 24 heavy (non-hydrogen) atoms. The Labute approximate surface area is 146 Å². The van der Waals surface area contributed by atoms with Crippen molar-refractivity contribution in [3.05, 3.63) is 41.9 Å². The fraction of sp³-hybridized carbons (Fsp3) is 0.389. The van der Waals surface area contributed by atoms with Gasteiger partial charge in [0.05, 0.1) is 0 Å². The third kappa shape index (κ3) is 2.73. The van der Waals surface area contributed by atoms with Crippen molar-refractivity contribution in [1.82, 2.24) is 19.5 Å². The molecule has 5 nitrogen and oxygen atoms in total. The Morgan fingerprint density at radius 1 is 1.04 bits per heavy atom. The van der Waals surface area contributed by atoms with Gasteiger partial charge >= 0.3 is 0 Å². The maximum atomic E-state index is 5.99. The first-order valence-corrected chi connectivity index (χ1v) is 8.78. The number of benzene rings is 1. The molecule has 124 valence electrons. The zero-order valence-electron chi connectivity index (χ0n) is 13.7. The molecule has 2 heterocycles. The van der Waals surface area contributed by atoms with E-state index in [1.807, 2.05) is 28.8 Å². The highest BCUT2D eigenvalue weighted by atomic mass is 35.5. The molecule has 0 unspecified atom stereocenters. The minimum absolute atomic E-state index is 0.539. The van der Waals surface area contributed by atoms with Crippen LogP contribution in [0.5, 0.6) is 0 Å². The highest BCUT2D eigenvalue weighted by Crippen LogP contribution is 2.29. The van der Waals surface area contributed by atoms with E-state index in [2.05, 4.69) is 26.9 Å². The Morgan fingerprint density at radius 3 is 2.54 bits per heavy atom. The van der Waals surface area contributed by atoms with E-state index >= 15 is 0 Å². The van der Waals surface area contributed by atoms with Gasteiger partial charge in [0, 0.05) is 23.8 Å². The van der Waals surface area contributed by atoms with Gasteiger partial charge in [0.15, 0.2) is 17.0 Å². The van der Waals surface area contributed by atoms with E-state index in [-0.39, 0.29) is 0 Å². The fourth-order valence-electron chi connectivity index (χ4n) is 3.51. The molecule has 0 atom stereocenters. The zero-order valence-corrected chi connectivity index (χ0v) is 14.4. The third-order valence-electron chi connectivity index (χ3n) is 4.88. The predicted molar refractivity (Wildman–Crippen MR) is 96.9 cm³/mol. The average molecular weight is 342 g/mol. The summed E-state index contributed by atoms with van der Waals surface area (Å²) < 4.78 is 1.98. The summed E-state index contributed by atoms with van der Waals surface area (Å²) in [6, 6.07) is 8.22. The van der Waals surface area contributed by atoms with E-state index in [1.54, 1.807) is 12.7 Å². The second kappa shape index (κ2) is 6.40. The van der Waals surface area contributed by atoms with Crippen molar-refractivity contribution in [3.63, 3.8) is 0 Å². The number of imidazole rings is 1. The summed E-state index contributed by atoms with van der Waals surface area (Å²) in [6.07, 6.45) is 9.81. The van der Waals surface area contributed by atoms with Gasteiger partial charge in [0.25, 0.3) is 0 Å². The molecule has 4 rings (SSSR count). The molecule has 3 aromatic rings. The average Bonchev–Trinajstić information content (AvgIpc) is 3.07. The molecule has 0 bridgehead atoms. The van der Waals surface area contributed by atoms with E-state index in [0.29, 0.717) is 6.04 Å². The predicted octanol–water partition coefficient (Wildman–Crippen LogP) is 4.24. The molecule has 6 heteroatoms. The Morgan fingerprint density at radius 2 is 1.79 bits per heavy atom. The van der Waals surface area contributed by atoms with Crippen molar-refractivity contribution in [2.75, 3.05) is 11.9 Å². The lowest BCUT2D eigenvalue weighted by atomic mass is 9.94. The Balaban J connectivity index is 1.74. The smallest absolute Gasteiger partial charge is 0.170 e. The van der Waals surface area contributed by atoms with Crippen LogP contribution in [0, 0.1) is 0 Å². The van der Waals surface area contributed by atoms with Crippen LogP contribution < -0.4 is 4.90 Å². The van der Waals surface area contributed by atoms with Crippen molar-refractivity contribution in [3.8, 4) is 5.69 Å². The first-order chi connectivity index (χ1) is 11.7. The molecular formula is C18H20ClN5. The van der Waals surface area contributed by atoms with Gasteiger partial charge in [-0.25, -0.2) is 15.0 Å². The van der Waals surface area contributed by atoms with Crippen LogP contribution in [0.3, 0.4) is 0 Å². The molecule has 1 aromatic carbocycles.